The Hall–Kier alpha value is -5.34. The monoisotopic (exact) mass is 901 g/mol. The number of anilines is 6. The molecule has 7 aromatic rings. The lowest BCUT2D eigenvalue weighted by atomic mass is 9.82. The largest absolute Gasteiger partial charge is 0.309 e. The summed E-state index contributed by atoms with van der Waals surface area (Å²) in [7, 11) is 0. The van der Waals surface area contributed by atoms with Crippen molar-refractivity contribution in [3.05, 3.63) is 167 Å². The van der Waals surface area contributed by atoms with Gasteiger partial charge in [0.1, 0.15) is 0 Å². The van der Waals surface area contributed by atoms with Gasteiger partial charge in [0.15, 0.2) is 0 Å². The van der Waals surface area contributed by atoms with Crippen molar-refractivity contribution < 1.29 is 0 Å². The van der Waals surface area contributed by atoms with E-state index >= 15 is 0 Å². The van der Waals surface area contributed by atoms with E-state index in [1.165, 1.54) is 153 Å². The molecule has 0 aliphatic heterocycles. The van der Waals surface area contributed by atoms with Crippen LogP contribution in [0, 0.1) is 0 Å². The molecule has 2 fully saturated rings. The lowest BCUT2D eigenvalue weighted by Gasteiger charge is -2.34. The molecule has 2 nitrogen and oxygen atoms in total. The lowest BCUT2D eigenvalue weighted by Crippen LogP contribution is -2.17. The van der Waals surface area contributed by atoms with Gasteiger partial charge in [0.25, 0.3) is 0 Å². The molecule has 0 bridgehead atoms. The summed E-state index contributed by atoms with van der Waals surface area (Å²) in [5.41, 5.74) is 15.6. The first-order valence-corrected chi connectivity index (χ1v) is 26.8. The van der Waals surface area contributed by atoms with E-state index in [0.717, 1.165) is 12.8 Å². The summed E-state index contributed by atoms with van der Waals surface area (Å²) in [6.07, 6.45) is 15.5. The first-order valence-electron chi connectivity index (χ1n) is 26.8. The second-order valence-electron chi connectivity index (χ2n) is 23.0. The second kappa shape index (κ2) is 19.9. The standard InChI is InChI=1S/C66H80N2/c1-11-45(3)47-23-33-55(34-24-47)67(57-37-27-51(28-38-57)49-19-15-13-16-20-49)63-59-41-31-54(66(8,9)10)44-62(59)64(60-42-32-53(43-61(60)63)65(5,6)7)68(56-35-25-48(26-36-56)46(4)12-2)58-39-29-52(30-40-58)50-21-17-14-18-22-50/h23-46,49-50H,11-22H2,1-10H3. The number of hydrogen-bond acceptors (Lipinski definition) is 2. The van der Waals surface area contributed by atoms with Crippen LogP contribution in [0.4, 0.5) is 34.1 Å². The summed E-state index contributed by atoms with van der Waals surface area (Å²) in [5, 5.41) is 5.06. The first-order chi connectivity index (χ1) is 32.7. The molecule has 2 saturated carbocycles. The van der Waals surface area contributed by atoms with Crippen molar-refractivity contribution in [2.24, 2.45) is 0 Å². The maximum atomic E-state index is 2.60. The van der Waals surface area contributed by atoms with Gasteiger partial charge in [0, 0.05) is 44.3 Å². The molecule has 2 unspecified atom stereocenters. The fraction of sp³-hybridized carbons (Fsp3) is 0.424. The highest BCUT2D eigenvalue weighted by Crippen LogP contribution is 2.53. The van der Waals surface area contributed by atoms with Crippen molar-refractivity contribution in [3.63, 3.8) is 0 Å². The van der Waals surface area contributed by atoms with Gasteiger partial charge >= 0.3 is 0 Å². The third kappa shape index (κ3) is 9.77. The van der Waals surface area contributed by atoms with Gasteiger partial charge in [-0.1, -0.05) is 181 Å². The van der Waals surface area contributed by atoms with E-state index in [1.54, 1.807) is 0 Å². The van der Waals surface area contributed by atoms with Crippen molar-refractivity contribution in [2.45, 2.75) is 181 Å². The van der Waals surface area contributed by atoms with Gasteiger partial charge in [-0.05, 0) is 167 Å². The molecule has 0 spiro atoms. The highest BCUT2D eigenvalue weighted by atomic mass is 15.2. The van der Waals surface area contributed by atoms with Crippen molar-refractivity contribution >= 4 is 55.7 Å². The van der Waals surface area contributed by atoms with Gasteiger partial charge in [0.2, 0.25) is 0 Å². The Labute approximate surface area is 411 Å². The summed E-state index contributed by atoms with van der Waals surface area (Å²) in [6, 6.07) is 53.4. The van der Waals surface area contributed by atoms with Crippen LogP contribution < -0.4 is 9.80 Å². The molecule has 68 heavy (non-hydrogen) atoms. The van der Waals surface area contributed by atoms with E-state index < -0.39 is 0 Å². The molecule has 0 aromatic heterocycles. The molecule has 2 aliphatic rings. The zero-order valence-corrected chi connectivity index (χ0v) is 43.4. The predicted octanol–water partition coefficient (Wildman–Crippen LogP) is 20.7. The average Bonchev–Trinajstić information content (AvgIpc) is 3.37. The Morgan fingerprint density at radius 3 is 1.00 bits per heavy atom. The minimum Gasteiger partial charge on any atom is -0.309 e. The van der Waals surface area contributed by atoms with Gasteiger partial charge in [-0.15, -0.1) is 0 Å². The average molecular weight is 901 g/mol. The van der Waals surface area contributed by atoms with Crippen LogP contribution in [-0.4, -0.2) is 0 Å². The van der Waals surface area contributed by atoms with E-state index in [2.05, 4.69) is 212 Å². The zero-order valence-electron chi connectivity index (χ0n) is 43.4. The highest BCUT2D eigenvalue weighted by Gasteiger charge is 2.29. The van der Waals surface area contributed by atoms with Gasteiger partial charge < -0.3 is 9.80 Å². The van der Waals surface area contributed by atoms with E-state index in [9.17, 15) is 0 Å². The summed E-state index contributed by atoms with van der Waals surface area (Å²) < 4.78 is 0. The Bertz CT molecular complexity index is 2590. The van der Waals surface area contributed by atoms with E-state index in [1.807, 2.05) is 0 Å². The number of fused-ring (bicyclic) bond motifs is 2. The topological polar surface area (TPSA) is 6.48 Å². The van der Waals surface area contributed by atoms with Crippen molar-refractivity contribution in [1.29, 1.82) is 0 Å². The maximum Gasteiger partial charge on any atom is 0.0620 e. The summed E-state index contributed by atoms with van der Waals surface area (Å²) in [6.45, 7) is 23.5. The molecule has 2 aliphatic carbocycles. The van der Waals surface area contributed by atoms with Crippen LogP contribution in [0.25, 0.3) is 21.5 Å². The fourth-order valence-corrected chi connectivity index (χ4v) is 11.5. The first kappa shape index (κ1) is 47.7. The molecular weight excluding hydrogens is 821 g/mol. The van der Waals surface area contributed by atoms with Crippen LogP contribution in [0.3, 0.4) is 0 Å². The number of hydrogen-bond donors (Lipinski definition) is 0. The van der Waals surface area contributed by atoms with E-state index in [4.69, 9.17) is 0 Å². The van der Waals surface area contributed by atoms with Gasteiger partial charge in [-0.2, -0.15) is 0 Å². The lowest BCUT2D eigenvalue weighted by molar-refractivity contribution is 0.443. The van der Waals surface area contributed by atoms with Gasteiger partial charge in [-0.25, -0.2) is 0 Å². The molecule has 354 valence electrons. The Balaban J connectivity index is 1.37. The number of nitrogens with zero attached hydrogens (tertiary/aromatic N) is 2. The minimum absolute atomic E-state index is 0.0540. The SMILES string of the molecule is CCC(C)c1ccc(N(c2ccc(C3CCCCC3)cc2)c2c3ccc(C(C)(C)C)cc3c(N(c3ccc(C(C)CC)cc3)c3ccc(C4CCCCC4)cc3)c3ccc(C(C)(C)C)cc23)cc1. The van der Waals surface area contributed by atoms with Crippen LogP contribution in [-0.2, 0) is 10.8 Å². The third-order valence-corrected chi connectivity index (χ3v) is 16.4. The van der Waals surface area contributed by atoms with E-state index in [0.29, 0.717) is 23.7 Å². The Morgan fingerprint density at radius 1 is 0.397 bits per heavy atom. The molecule has 0 amide bonds. The molecule has 7 aromatic carbocycles. The van der Waals surface area contributed by atoms with Crippen LogP contribution in [0.2, 0.25) is 0 Å². The highest BCUT2D eigenvalue weighted by molar-refractivity contribution is 6.23. The maximum absolute atomic E-state index is 2.60. The molecule has 0 radical (unpaired) electrons. The second-order valence-corrected chi connectivity index (χ2v) is 23.0. The van der Waals surface area contributed by atoms with Crippen LogP contribution in [0.15, 0.2) is 133 Å². The van der Waals surface area contributed by atoms with Crippen molar-refractivity contribution in [3.8, 4) is 0 Å². The van der Waals surface area contributed by atoms with Crippen LogP contribution in [0.5, 0.6) is 0 Å². The summed E-state index contributed by atoms with van der Waals surface area (Å²) in [5.74, 6) is 2.30. The minimum atomic E-state index is -0.0540. The van der Waals surface area contributed by atoms with Crippen LogP contribution in [0.1, 0.15) is 203 Å². The third-order valence-electron chi connectivity index (χ3n) is 16.4. The van der Waals surface area contributed by atoms with E-state index in [-0.39, 0.29) is 10.8 Å². The molecule has 2 heteroatoms. The summed E-state index contributed by atoms with van der Waals surface area (Å²) >= 11 is 0. The molecule has 0 heterocycles. The molecule has 0 saturated heterocycles. The van der Waals surface area contributed by atoms with Crippen molar-refractivity contribution in [2.75, 3.05) is 9.80 Å². The number of benzene rings is 7. The Kier molecular flexibility index (Phi) is 14.0. The molecule has 0 N–H and O–H groups in total. The number of rotatable bonds is 12. The zero-order chi connectivity index (χ0) is 47.7. The van der Waals surface area contributed by atoms with Crippen LogP contribution >= 0.6 is 0 Å². The van der Waals surface area contributed by atoms with Crippen molar-refractivity contribution in [1.82, 2.24) is 0 Å². The fourth-order valence-electron chi connectivity index (χ4n) is 11.5. The Morgan fingerprint density at radius 2 is 0.706 bits per heavy atom. The molecular formula is C66H80N2. The predicted molar refractivity (Wildman–Crippen MR) is 297 cm³/mol. The quantitative estimate of drug-likeness (QED) is 0.0890. The van der Waals surface area contributed by atoms with Gasteiger partial charge in [0.05, 0.1) is 11.4 Å². The molecule has 2 atom stereocenters. The van der Waals surface area contributed by atoms with Gasteiger partial charge in [-0.3, -0.25) is 0 Å². The molecule has 9 rings (SSSR count). The normalized spacial score (nSPS) is 16.3. The smallest absolute Gasteiger partial charge is 0.0620 e. The summed E-state index contributed by atoms with van der Waals surface area (Å²) in [4.78, 5) is 5.21.